The van der Waals surface area contributed by atoms with E-state index in [4.69, 9.17) is 4.98 Å². The van der Waals surface area contributed by atoms with Crippen molar-refractivity contribution in [2.75, 3.05) is 29.9 Å². The smallest absolute Gasteiger partial charge is 0.261 e. The summed E-state index contributed by atoms with van der Waals surface area (Å²) in [6.45, 7) is 4.04. The van der Waals surface area contributed by atoms with Crippen LogP contribution in [0.5, 0.6) is 0 Å². The number of piperidine rings is 1. The molecular weight excluding hydrogens is 471 g/mol. The number of benzene rings is 2. The first-order valence-corrected chi connectivity index (χ1v) is 12.7. The highest BCUT2D eigenvalue weighted by molar-refractivity contribution is 5.81. The number of nitrogens with zero attached hydrogens (tertiary/aromatic N) is 6. The minimum atomic E-state index is -0.345. The van der Waals surface area contributed by atoms with E-state index in [0.717, 1.165) is 48.5 Å². The van der Waals surface area contributed by atoms with Crippen LogP contribution in [0, 0.1) is 5.82 Å². The lowest BCUT2D eigenvalue weighted by molar-refractivity contribution is 0.0897. The van der Waals surface area contributed by atoms with Gasteiger partial charge in [-0.3, -0.25) is 9.59 Å². The van der Waals surface area contributed by atoms with Gasteiger partial charge in [0.25, 0.3) is 5.56 Å². The Morgan fingerprint density at radius 1 is 1.08 bits per heavy atom. The summed E-state index contributed by atoms with van der Waals surface area (Å²) < 4.78 is 16.9. The molecule has 1 aliphatic heterocycles. The van der Waals surface area contributed by atoms with E-state index in [1.54, 1.807) is 12.1 Å². The van der Waals surface area contributed by atoms with Gasteiger partial charge in [0.15, 0.2) is 0 Å². The molecule has 0 aliphatic carbocycles. The number of imidazole rings is 1. The molecule has 192 valence electrons. The van der Waals surface area contributed by atoms with Crippen LogP contribution in [0.3, 0.4) is 0 Å². The summed E-state index contributed by atoms with van der Waals surface area (Å²) in [7, 11) is 1.90. The Morgan fingerprint density at radius 2 is 1.81 bits per heavy atom. The summed E-state index contributed by atoms with van der Waals surface area (Å²) in [4.78, 5) is 38.8. The maximum absolute atomic E-state index is 13.5. The largest absolute Gasteiger partial charge is 0.342 e. The van der Waals surface area contributed by atoms with Gasteiger partial charge in [0.05, 0.1) is 17.6 Å². The fraction of sp³-hybridized carbons (Fsp3) is 0.357. The number of fused-ring (bicyclic) bond motifs is 1. The molecule has 1 fully saturated rings. The lowest BCUT2D eigenvalue weighted by Gasteiger charge is -2.38. The first-order valence-electron chi connectivity index (χ1n) is 12.7. The summed E-state index contributed by atoms with van der Waals surface area (Å²) >= 11 is 0. The van der Waals surface area contributed by atoms with Gasteiger partial charge in [-0.2, -0.15) is 0 Å². The molecule has 9 heteroatoms. The molecule has 2 aromatic heterocycles. The van der Waals surface area contributed by atoms with Crippen molar-refractivity contribution in [1.29, 1.82) is 0 Å². The highest BCUT2D eigenvalue weighted by Gasteiger charge is 2.28. The zero-order chi connectivity index (χ0) is 25.9. The van der Waals surface area contributed by atoms with Crippen molar-refractivity contribution in [3.8, 4) is 0 Å². The molecule has 0 atom stereocenters. The number of carbonyl (C=O) groups excluding carboxylic acids is 1. The fourth-order valence-corrected chi connectivity index (χ4v) is 5.06. The molecule has 0 radical (unpaired) electrons. The number of hydrogen-bond acceptors (Lipinski definition) is 6. The molecule has 4 aromatic rings. The van der Waals surface area contributed by atoms with Crippen molar-refractivity contribution >= 4 is 28.8 Å². The molecule has 0 unspecified atom stereocenters. The first kappa shape index (κ1) is 24.7. The van der Waals surface area contributed by atoms with E-state index in [2.05, 4.69) is 20.5 Å². The Bertz CT molecular complexity index is 1450. The number of carbonyl (C=O) groups is 1. The average molecular weight is 503 g/mol. The van der Waals surface area contributed by atoms with Crippen molar-refractivity contribution in [2.24, 2.45) is 0 Å². The molecule has 1 saturated heterocycles. The number of rotatable bonds is 7. The van der Waals surface area contributed by atoms with Crippen LogP contribution in [0.4, 0.5) is 16.3 Å². The quantitative estimate of drug-likeness (QED) is 0.375. The van der Waals surface area contributed by atoms with Crippen LogP contribution in [0.2, 0.25) is 0 Å². The molecule has 37 heavy (non-hydrogen) atoms. The van der Waals surface area contributed by atoms with Crippen molar-refractivity contribution < 1.29 is 9.18 Å². The Kier molecular flexibility index (Phi) is 7.03. The molecule has 0 amide bonds. The molecule has 5 rings (SSSR count). The number of anilines is 2. The lowest BCUT2D eigenvalue weighted by Crippen LogP contribution is -2.46. The highest BCUT2D eigenvalue weighted by atomic mass is 19.1. The summed E-state index contributed by atoms with van der Waals surface area (Å²) in [6, 6.07) is 16.1. The van der Waals surface area contributed by atoms with Crippen LogP contribution in [0.25, 0.3) is 11.0 Å². The first-order chi connectivity index (χ1) is 18.0. The molecule has 0 saturated carbocycles. The van der Waals surface area contributed by atoms with Gasteiger partial charge in [0, 0.05) is 44.9 Å². The van der Waals surface area contributed by atoms with Gasteiger partial charge in [-0.25, -0.2) is 18.9 Å². The maximum atomic E-state index is 13.5. The fourth-order valence-electron chi connectivity index (χ4n) is 5.06. The van der Waals surface area contributed by atoms with E-state index in [1.807, 2.05) is 37.1 Å². The Labute approximate surface area is 215 Å². The van der Waals surface area contributed by atoms with E-state index in [9.17, 15) is 14.0 Å². The normalized spacial score (nSPS) is 14.3. The summed E-state index contributed by atoms with van der Waals surface area (Å²) in [5, 5.41) is 0. The highest BCUT2D eigenvalue weighted by Crippen LogP contribution is 2.28. The number of halogens is 1. The minimum absolute atomic E-state index is 0.126. The third-order valence-corrected chi connectivity index (χ3v) is 7.04. The SMILES string of the molecule is CCCC(=O)n1c(N(C)C2CCN(c3nc4ccccc4n3Cc3ccc(F)cc3)CC2)nccc1=O. The predicted octanol–water partition coefficient (Wildman–Crippen LogP) is 4.33. The van der Waals surface area contributed by atoms with Gasteiger partial charge in [-0.15, -0.1) is 0 Å². The van der Waals surface area contributed by atoms with Crippen LogP contribution in [-0.4, -0.2) is 51.2 Å². The Hall–Kier alpha value is -4.01. The number of hydrogen-bond donors (Lipinski definition) is 0. The van der Waals surface area contributed by atoms with Gasteiger partial charge >= 0.3 is 0 Å². The second-order valence-electron chi connectivity index (χ2n) is 9.50. The Balaban J connectivity index is 1.37. The van der Waals surface area contributed by atoms with Crippen molar-refractivity contribution in [1.82, 2.24) is 19.1 Å². The molecule has 1 aliphatic rings. The van der Waals surface area contributed by atoms with Gasteiger partial charge in [0.1, 0.15) is 5.82 Å². The van der Waals surface area contributed by atoms with Crippen LogP contribution >= 0.6 is 0 Å². The van der Waals surface area contributed by atoms with Crippen LogP contribution in [0.1, 0.15) is 43.0 Å². The molecule has 2 aromatic carbocycles. The molecule has 3 heterocycles. The summed E-state index contributed by atoms with van der Waals surface area (Å²) in [5.41, 5.74) is 2.62. The Morgan fingerprint density at radius 3 is 2.54 bits per heavy atom. The van der Waals surface area contributed by atoms with Gasteiger partial charge < -0.3 is 14.4 Å². The van der Waals surface area contributed by atoms with Crippen LogP contribution in [-0.2, 0) is 6.54 Å². The average Bonchev–Trinajstić information content (AvgIpc) is 3.28. The topological polar surface area (TPSA) is 76.3 Å². The standard InChI is InChI=1S/C28H31FN6O2/c1-3-6-25(36)35-26(37)13-16-30-27(35)32(2)22-14-17-33(18-15-22)28-31-23-7-4-5-8-24(23)34(28)19-20-9-11-21(29)12-10-20/h4-5,7-13,16,22H,3,6,14-15,17-19H2,1-2H3. The maximum Gasteiger partial charge on any atom is 0.261 e. The lowest BCUT2D eigenvalue weighted by atomic mass is 10.0. The third-order valence-electron chi connectivity index (χ3n) is 7.04. The molecule has 0 spiro atoms. The second kappa shape index (κ2) is 10.5. The minimum Gasteiger partial charge on any atom is -0.342 e. The van der Waals surface area contributed by atoms with E-state index < -0.39 is 0 Å². The molecular formula is C28H31FN6O2. The van der Waals surface area contributed by atoms with Crippen molar-refractivity contribution in [3.05, 3.63) is 82.5 Å². The number of para-hydroxylation sites is 2. The second-order valence-corrected chi connectivity index (χ2v) is 9.50. The van der Waals surface area contributed by atoms with Crippen LogP contribution in [0.15, 0.2) is 65.6 Å². The number of aromatic nitrogens is 4. The van der Waals surface area contributed by atoms with Gasteiger partial charge in [-0.05, 0) is 49.1 Å². The van der Waals surface area contributed by atoms with Crippen molar-refractivity contribution in [2.45, 2.75) is 45.2 Å². The predicted molar refractivity (Wildman–Crippen MR) is 143 cm³/mol. The summed E-state index contributed by atoms with van der Waals surface area (Å²) in [5.74, 6) is 0.808. The van der Waals surface area contributed by atoms with E-state index >= 15 is 0 Å². The third kappa shape index (κ3) is 4.98. The van der Waals surface area contributed by atoms with E-state index in [0.29, 0.717) is 25.3 Å². The van der Waals surface area contributed by atoms with E-state index in [-0.39, 0.29) is 23.3 Å². The van der Waals surface area contributed by atoms with Crippen LogP contribution < -0.4 is 15.4 Å². The zero-order valence-corrected chi connectivity index (χ0v) is 21.2. The molecule has 8 nitrogen and oxygen atoms in total. The van der Waals surface area contributed by atoms with Crippen molar-refractivity contribution in [3.63, 3.8) is 0 Å². The van der Waals surface area contributed by atoms with Gasteiger partial charge in [0.2, 0.25) is 17.8 Å². The van der Waals surface area contributed by atoms with Gasteiger partial charge in [-0.1, -0.05) is 31.2 Å². The summed E-state index contributed by atoms with van der Waals surface area (Å²) in [6.07, 6.45) is 4.08. The molecule has 0 N–H and O–H groups in total. The molecule has 0 bridgehead atoms. The van der Waals surface area contributed by atoms with E-state index in [1.165, 1.54) is 29.0 Å². The zero-order valence-electron chi connectivity index (χ0n) is 21.2. The monoisotopic (exact) mass is 502 g/mol.